The number of ketones is 2. The summed E-state index contributed by atoms with van der Waals surface area (Å²) in [6, 6.07) is 0. The van der Waals surface area contributed by atoms with Gasteiger partial charge in [0.2, 0.25) is 0 Å². The van der Waals surface area contributed by atoms with Crippen molar-refractivity contribution in [2.24, 2.45) is 28.6 Å². The monoisotopic (exact) mass is 340 g/mol. The molecule has 0 aromatic rings. The Balaban J connectivity index is 1.64. The van der Waals surface area contributed by atoms with Gasteiger partial charge in [0.15, 0.2) is 11.9 Å². The molecule has 5 rings (SSSR count). The Morgan fingerprint density at radius 2 is 2.00 bits per heavy atom. The highest BCUT2D eigenvalue weighted by atomic mass is 16.6. The molecule has 134 valence electrons. The van der Waals surface area contributed by atoms with Crippen LogP contribution in [0, 0.1) is 28.6 Å². The number of carbonyl (C=O) groups is 2. The second-order valence-electron chi connectivity index (χ2n) is 9.46. The lowest BCUT2D eigenvalue weighted by Gasteiger charge is -2.59. The van der Waals surface area contributed by atoms with Crippen LogP contribution < -0.4 is 0 Å². The fourth-order valence-corrected chi connectivity index (χ4v) is 7.56. The number of carbonyl (C=O) groups excluding carboxylic acids is 2. The van der Waals surface area contributed by atoms with E-state index in [4.69, 9.17) is 4.74 Å². The third-order valence-electron chi connectivity index (χ3n) is 8.91. The number of rotatable bonds is 1. The maximum absolute atomic E-state index is 12.6. The molecule has 4 aliphatic carbocycles. The van der Waals surface area contributed by atoms with Crippen LogP contribution in [0.3, 0.4) is 0 Å². The first kappa shape index (κ1) is 16.0. The van der Waals surface area contributed by atoms with E-state index in [9.17, 15) is 9.59 Å². The summed E-state index contributed by atoms with van der Waals surface area (Å²) in [5.41, 5.74) is 1.63. The zero-order chi connectivity index (χ0) is 17.8. The van der Waals surface area contributed by atoms with Crippen molar-refractivity contribution in [3.63, 3.8) is 0 Å². The largest absolute Gasteiger partial charge is 0.352 e. The van der Waals surface area contributed by atoms with E-state index in [2.05, 4.69) is 27.4 Å². The molecule has 5 aliphatic rings. The molecule has 0 bridgehead atoms. The normalized spacial score (nSPS) is 53.6. The Bertz CT molecular complexity index is 748. The SMILES string of the molecule is C=C1C[C@H]2[C@@H]3CCC(=O)[C@@]3(C)CC[C@@H]2[C@@]2(C)C(CC)=CC(=O)C3OC132. The lowest BCUT2D eigenvalue weighted by molar-refractivity contribution is -0.133. The van der Waals surface area contributed by atoms with Crippen LogP contribution in [0.15, 0.2) is 23.8 Å². The minimum Gasteiger partial charge on any atom is -0.352 e. The average molecular weight is 340 g/mol. The van der Waals surface area contributed by atoms with Crippen LogP contribution in [-0.2, 0) is 14.3 Å². The van der Waals surface area contributed by atoms with Crippen molar-refractivity contribution in [2.45, 2.75) is 71.0 Å². The summed E-state index contributed by atoms with van der Waals surface area (Å²) in [5.74, 6) is 2.06. The van der Waals surface area contributed by atoms with Gasteiger partial charge in [0.1, 0.15) is 11.4 Å². The predicted octanol–water partition coefficient (Wildman–Crippen LogP) is 4.02. The van der Waals surface area contributed by atoms with Gasteiger partial charge in [-0.25, -0.2) is 0 Å². The summed E-state index contributed by atoms with van der Waals surface area (Å²) in [7, 11) is 0. The van der Waals surface area contributed by atoms with Crippen LogP contribution in [0.2, 0.25) is 0 Å². The zero-order valence-corrected chi connectivity index (χ0v) is 15.6. The Morgan fingerprint density at radius 3 is 2.72 bits per heavy atom. The van der Waals surface area contributed by atoms with Gasteiger partial charge in [0.25, 0.3) is 0 Å². The van der Waals surface area contributed by atoms with E-state index >= 15 is 0 Å². The summed E-state index contributed by atoms with van der Waals surface area (Å²) >= 11 is 0. The van der Waals surface area contributed by atoms with Gasteiger partial charge in [0.05, 0.1) is 0 Å². The van der Waals surface area contributed by atoms with Crippen molar-refractivity contribution in [1.82, 2.24) is 0 Å². The summed E-state index contributed by atoms with van der Waals surface area (Å²) in [5, 5.41) is 0. The van der Waals surface area contributed by atoms with Crippen molar-refractivity contribution >= 4 is 11.6 Å². The topological polar surface area (TPSA) is 46.7 Å². The van der Waals surface area contributed by atoms with Crippen LogP contribution in [0.4, 0.5) is 0 Å². The van der Waals surface area contributed by atoms with Crippen LogP contribution in [0.5, 0.6) is 0 Å². The summed E-state index contributed by atoms with van der Waals surface area (Å²) in [6.45, 7) is 11.1. The molecular formula is C22H28O3. The smallest absolute Gasteiger partial charge is 0.187 e. The second-order valence-corrected chi connectivity index (χ2v) is 9.46. The fraction of sp³-hybridized carbons (Fsp3) is 0.727. The molecule has 1 spiro atoms. The molecule has 25 heavy (non-hydrogen) atoms. The summed E-state index contributed by atoms with van der Waals surface area (Å²) < 4.78 is 6.17. The molecule has 3 saturated carbocycles. The predicted molar refractivity (Wildman–Crippen MR) is 94.9 cm³/mol. The third-order valence-corrected chi connectivity index (χ3v) is 8.91. The molecule has 0 radical (unpaired) electrons. The Hall–Kier alpha value is -1.22. The van der Waals surface area contributed by atoms with E-state index in [1.807, 2.05) is 6.08 Å². The lowest BCUT2D eigenvalue weighted by Crippen LogP contribution is -2.59. The quantitative estimate of drug-likeness (QED) is 0.535. The fourth-order valence-electron chi connectivity index (χ4n) is 7.56. The van der Waals surface area contributed by atoms with E-state index in [0.717, 1.165) is 44.1 Å². The molecule has 1 saturated heterocycles. The minimum atomic E-state index is -0.457. The standard InChI is InChI=1S/C22H28O3/c1-5-13-11-17(23)19-22(25-19)12(2)10-14-15-6-7-18(24)20(15,3)9-8-16(14)21(13,22)4/h11,14-16,19H,2,5-10H2,1,3-4H3/t14-,15-,16-,19?,20-,21+,22?/m0/s1. The summed E-state index contributed by atoms with van der Waals surface area (Å²) in [4.78, 5) is 25.1. The van der Waals surface area contributed by atoms with Gasteiger partial charge in [-0.3, -0.25) is 9.59 Å². The van der Waals surface area contributed by atoms with Crippen molar-refractivity contribution in [1.29, 1.82) is 0 Å². The van der Waals surface area contributed by atoms with Crippen LogP contribution in [0.1, 0.15) is 59.3 Å². The molecule has 0 aromatic carbocycles. The summed E-state index contributed by atoms with van der Waals surface area (Å²) in [6.07, 6.45) is 7.21. The van der Waals surface area contributed by atoms with E-state index in [0.29, 0.717) is 23.5 Å². The highest BCUT2D eigenvalue weighted by Gasteiger charge is 2.78. The number of ether oxygens (including phenoxy) is 1. The number of hydrogen-bond acceptors (Lipinski definition) is 3. The zero-order valence-electron chi connectivity index (χ0n) is 15.6. The molecule has 1 aliphatic heterocycles. The Labute approximate surface area is 149 Å². The van der Waals surface area contributed by atoms with Crippen molar-refractivity contribution in [3.05, 3.63) is 23.8 Å². The maximum atomic E-state index is 12.6. The Morgan fingerprint density at radius 1 is 1.24 bits per heavy atom. The molecule has 3 nitrogen and oxygen atoms in total. The molecule has 3 heteroatoms. The molecular weight excluding hydrogens is 312 g/mol. The highest BCUT2D eigenvalue weighted by Crippen LogP contribution is 2.73. The van der Waals surface area contributed by atoms with Gasteiger partial charge >= 0.3 is 0 Å². The van der Waals surface area contributed by atoms with Crippen LogP contribution in [0.25, 0.3) is 0 Å². The second kappa shape index (κ2) is 4.54. The first-order valence-corrected chi connectivity index (χ1v) is 9.95. The van der Waals surface area contributed by atoms with E-state index < -0.39 is 5.60 Å². The van der Waals surface area contributed by atoms with Crippen molar-refractivity contribution < 1.29 is 14.3 Å². The molecule has 0 amide bonds. The molecule has 0 aromatic heterocycles. The number of fused-ring (bicyclic) bond motifs is 4. The van der Waals surface area contributed by atoms with E-state index in [1.54, 1.807) is 0 Å². The Kier molecular flexibility index (Phi) is 2.90. The van der Waals surface area contributed by atoms with Gasteiger partial charge in [-0.2, -0.15) is 0 Å². The molecule has 0 N–H and O–H groups in total. The van der Waals surface area contributed by atoms with Gasteiger partial charge in [-0.15, -0.1) is 0 Å². The maximum Gasteiger partial charge on any atom is 0.187 e. The van der Waals surface area contributed by atoms with Crippen LogP contribution in [-0.4, -0.2) is 23.3 Å². The van der Waals surface area contributed by atoms with Gasteiger partial charge in [-0.05, 0) is 61.5 Å². The number of Topliss-reactive ketones (excluding diaryl/α,β-unsaturated/α-hetero) is 1. The number of hydrogen-bond donors (Lipinski definition) is 0. The minimum absolute atomic E-state index is 0.130. The highest BCUT2D eigenvalue weighted by molar-refractivity contribution is 6.00. The molecule has 7 atom stereocenters. The third kappa shape index (κ3) is 1.55. The molecule has 2 unspecified atom stereocenters. The number of epoxide rings is 1. The van der Waals surface area contributed by atoms with Gasteiger partial charge < -0.3 is 4.74 Å². The van der Waals surface area contributed by atoms with Crippen LogP contribution >= 0.6 is 0 Å². The molecule has 1 heterocycles. The average Bonchev–Trinajstić information content (AvgIpc) is 3.28. The van der Waals surface area contributed by atoms with E-state index in [-0.39, 0.29) is 22.7 Å². The first-order valence-electron chi connectivity index (χ1n) is 9.95. The first-order chi connectivity index (χ1) is 11.8. The molecule has 4 fully saturated rings. The van der Waals surface area contributed by atoms with E-state index in [1.165, 1.54) is 5.57 Å². The van der Waals surface area contributed by atoms with Crippen molar-refractivity contribution in [2.75, 3.05) is 0 Å². The van der Waals surface area contributed by atoms with Gasteiger partial charge in [0, 0.05) is 17.3 Å². The van der Waals surface area contributed by atoms with Crippen molar-refractivity contribution in [3.8, 4) is 0 Å². The lowest BCUT2D eigenvalue weighted by atomic mass is 9.43. The van der Waals surface area contributed by atoms with Gasteiger partial charge in [-0.1, -0.05) is 32.9 Å².